The fraction of sp³-hybridized carbons (Fsp3) is 0.412. The van der Waals surface area contributed by atoms with Crippen molar-refractivity contribution in [3.63, 3.8) is 0 Å². The number of hydrogen-bond donors (Lipinski definition) is 0. The number of fused-ring (bicyclic) bond motifs is 1. The van der Waals surface area contributed by atoms with E-state index in [4.69, 9.17) is 0 Å². The Morgan fingerprint density at radius 2 is 1.76 bits per heavy atom. The smallest absolute Gasteiger partial charge is 0.0121 e. The SMILES string of the molecule is C/C=C\C1=C(C)C(C)C(C)c2cc(C)ccc21. The predicted octanol–water partition coefficient (Wildman–Crippen LogP) is 5.10. The van der Waals surface area contributed by atoms with Crippen LogP contribution in [0.1, 0.15) is 50.3 Å². The summed E-state index contributed by atoms with van der Waals surface area (Å²) >= 11 is 0. The molecule has 2 unspecified atom stereocenters. The summed E-state index contributed by atoms with van der Waals surface area (Å²) in [6.07, 6.45) is 4.40. The van der Waals surface area contributed by atoms with Gasteiger partial charge in [0.15, 0.2) is 0 Å². The molecule has 0 aliphatic heterocycles. The van der Waals surface area contributed by atoms with Crippen LogP contribution < -0.4 is 0 Å². The summed E-state index contributed by atoms with van der Waals surface area (Å²) in [5, 5.41) is 0. The van der Waals surface area contributed by atoms with Gasteiger partial charge in [-0.25, -0.2) is 0 Å². The lowest BCUT2D eigenvalue weighted by Crippen LogP contribution is -2.16. The number of allylic oxidation sites excluding steroid dienone is 4. The Labute approximate surface area is 105 Å². The lowest BCUT2D eigenvalue weighted by Gasteiger charge is -2.31. The maximum absolute atomic E-state index is 2.35. The summed E-state index contributed by atoms with van der Waals surface area (Å²) in [5.41, 5.74) is 7.25. The summed E-state index contributed by atoms with van der Waals surface area (Å²) in [6, 6.07) is 6.86. The lowest BCUT2D eigenvalue weighted by molar-refractivity contribution is 0.552. The van der Waals surface area contributed by atoms with E-state index < -0.39 is 0 Å². The predicted molar refractivity (Wildman–Crippen MR) is 76.2 cm³/mol. The zero-order chi connectivity index (χ0) is 12.6. The molecule has 17 heavy (non-hydrogen) atoms. The van der Waals surface area contributed by atoms with Gasteiger partial charge in [0.25, 0.3) is 0 Å². The molecule has 0 bridgehead atoms. The molecular weight excluding hydrogens is 204 g/mol. The van der Waals surface area contributed by atoms with Crippen molar-refractivity contribution >= 4 is 5.57 Å². The van der Waals surface area contributed by atoms with Crippen molar-refractivity contribution in [2.75, 3.05) is 0 Å². The summed E-state index contributed by atoms with van der Waals surface area (Å²) in [7, 11) is 0. The molecule has 2 atom stereocenters. The van der Waals surface area contributed by atoms with E-state index in [1.165, 1.54) is 27.8 Å². The number of aryl methyl sites for hydroxylation is 1. The van der Waals surface area contributed by atoms with Gasteiger partial charge in [0.05, 0.1) is 0 Å². The molecule has 0 amide bonds. The van der Waals surface area contributed by atoms with Crippen LogP contribution in [0.4, 0.5) is 0 Å². The quantitative estimate of drug-likeness (QED) is 0.625. The molecule has 90 valence electrons. The fourth-order valence-electron chi connectivity index (χ4n) is 2.79. The normalized spacial score (nSPS) is 24.3. The first kappa shape index (κ1) is 12.2. The van der Waals surface area contributed by atoms with E-state index in [-0.39, 0.29) is 0 Å². The van der Waals surface area contributed by atoms with Crippen LogP contribution in [-0.2, 0) is 0 Å². The first-order valence-corrected chi connectivity index (χ1v) is 6.50. The zero-order valence-corrected chi connectivity index (χ0v) is 11.5. The molecule has 0 N–H and O–H groups in total. The minimum absolute atomic E-state index is 0.624. The number of benzene rings is 1. The van der Waals surface area contributed by atoms with E-state index in [9.17, 15) is 0 Å². The topological polar surface area (TPSA) is 0 Å². The van der Waals surface area contributed by atoms with E-state index >= 15 is 0 Å². The van der Waals surface area contributed by atoms with Gasteiger partial charge in [-0.1, -0.05) is 55.3 Å². The molecule has 0 saturated carbocycles. The summed E-state index contributed by atoms with van der Waals surface area (Å²) in [6.45, 7) is 11.2. The molecule has 1 aliphatic rings. The van der Waals surface area contributed by atoms with E-state index in [1.807, 2.05) is 0 Å². The van der Waals surface area contributed by atoms with E-state index in [0.717, 1.165) is 0 Å². The highest BCUT2D eigenvalue weighted by atomic mass is 14.3. The maximum Gasteiger partial charge on any atom is -0.0121 e. The third kappa shape index (κ3) is 1.97. The largest absolute Gasteiger partial charge is 0.0870 e. The Morgan fingerprint density at radius 3 is 2.41 bits per heavy atom. The zero-order valence-electron chi connectivity index (χ0n) is 11.5. The lowest BCUT2D eigenvalue weighted by atomic mass is 9.73. The van der Waals surface area contributed by atoms with Gasteiger partial charge in [-0.2, -0.15) is 0 Å². The van der Waals surface area contributed by atoms with Gasteiger partial charge in [0, 0.05) is 0 Å². The summed E-state index contributed by atoms with van der Waals surface area (Å²) in [5.74, 6) is 1.26. The van der Waals surface area contributed by atoms with Crippen LogP contribution in [0, 0.1) is 12.8 Å². The molecular formula is C17H22. The monoisotopic (exact) mass is 226 g/mol. The van der Waals surface area contributed by atoms with Gasteiger partial charge in [-0.15, -0.1) is 0 Å². The van der Waals surface area contributed by atoms with Crippen molar-refractivity contribution in [3.8, 4) is 0 Å². The van der Waals surface area contributed by atoms with Crippen molar-refractivity contribution < 1.29 is 0 Å². The second-order valence-electron chi connectivity index (χ2n) is 5.26. The Bertz CT molecular complexity index is 489. The minimum Gasteiger partial charge on any atom is -0.0870 e. The van der Waals surface area contributed by atoms with Crippen LogP contribution in [-0.4, -0.2) is 0 Å². The van der Waals surface area contributed by atoms with Crippen LogP contribution in [0.2, 0.25) is 0 Å². The first-order valence-electron chi connectivity index (χ1n) is 6.50. The van der Waals surface area contributed by atoms with E-state index in [0.29, 0.717) is 11.8 Å². The van der Waals surface area contributed by atoms with Gasteiger partial charge in [0.1, 0.15) is 0 Å². The Morgan fingerprint density at radius 1 is 1.06 bits per heavy atom. The molecule has 1 aliphatic carbocycles. The minimum atomic E-state index is 0.624. The average molecular weight is 226 g/mol. The van der Waals surface area contributed by atoms with Crippen LogP contribution in [0.3, 0.4) is 0 Å². The van der Waals surface area contributed by atoms with Crippen molar-refractivity contribution in [3.05, 3.63) is 52.6 Å². The Hall–Kier alpha value is -1.30. The van der Waals surface area contributed by atoms with E-state index in [2.05, 4.69) is 65.0 Å². The number of rotatable bonds is 1. The molecule has 2 rings (SSSR count). The van der Waals surface area contributed by atoms with E-state index in [1.54, 1.807) is 0 Å². The molecule has 0 heterocycles. The maximum atomic E-state index is 2.35. The molecule has 0 spiro atoms. The van der Waals surface area contributed by atoms with Crippen LogP contribution in [0.25, 0.3) is 5.57 Å². The summed E-state index contributed by atoms with van der Waals surface area (Å²) < 4.78 is 0. The second-order valence-corrected chi connectivity index (χ2v) is 5.26. The fourth-order valence-corrected chi connectivity index (χ4v) is 2.79. The first-order chi connectivity index (χ1) is 8.06. The Kier molecular flexibility index (Phi) is 3.24. The van der Waals surface area contributed by atoms with Gasteiger partial charge >= 0.3 is 0 Å². The van der Waals surface area contributed by atoms with Gasteiger partial charge in [-0.05, 0) is 49.3 Å². The molecule has 0 saturated heterocycles. The third-order valence-electron chi connectivity index (χ3n) is 4.18. The molecule has 1 aromatic rings. The van der Waals surface area contributed by atoms with Crippen molar-refractivity contribution in [1.82, 2.24) is 0 Å². The molecule has 0 fully saturated rings. The van der Waals surface area contributed by atoms with Gasteiger partial charge in [0.2, 0.25) is 0 Å². The third-order valence-corrected chi connectivity index (χ3v) is 4.18. The number of hydrogen-bond acceptors (Lipinski definition) is 0. The van der Waals surface area contributed by atoms with Crippen LogP contribution >= 0.6 is 0 Å². The molecule has 0 heteroatoms. The van der Waals surface area contributed by atoms with Crippen LogP contribution in [0.5, 0.6) is 0 Å². The highest BCUT2D eigenvalue weighted by Crippen LogP contribution is 2.42. The summed E-state index contributed by atoms with van der Waals surface area (Å²) in [4.78, 5) is 0. The second kappa shape index (κ2) is 4.52. The molecule has 1 aromatic carbocycles. The van der Waals surface area contributed by atoms with Crippen molar-refractivity contribution in [2.24, 2.45) is 5.92 Å². The molecule has 0 aromatic heterocycles. The van der Waals surface area contributed by atoms with Crippen molar-refractivity contribution in [2.45, 2.75) is 40.5 Å². The standard InChI is InChI=1S/C17H22/c1-6-7-15-13(4)12(3)14(5)17-10-11(2)8-9-16(15)17/h6-10,12,14H,1-5H3/b7-6-. The Balaban J connectivity index is 2.68. The van der Waals surface area contributed by atoms with Crippen LogP contribution in [0.15, 0.2) is 35.9 Å². The molecule has 0 radical (unpaired) electrons. The highest BCUT2D eigenvalue weighted by molar-refractivity contribution is 5.81. The average Bonchev–Trinajstić information content (AvgIpc) is 2.32. The van der Waals surface area contributed by atoms with Gasteiger partial charge < -0.3 is 0 Å². The van der Waals surface area contributed by atoms with Crippen molar-refractivity contribution in [1.29, 1.82) is 0 Å². The highest BCUT2D eigenvalue weighted by Gasteiger charge is 2.26. The molecule has 0 nitrogen and oxygen atoms in total. The van der Waals surface area contributed by atoms with Gasteiger partial charge in [-0.3, -0.25) is 0 Å².